The number of rotatable bonds is 9. The van der Waals surface area contributed by atoms with Gasteiger partial charge in [0.1, 0.15) is 0 Å². The fourth-order valence-corrected chi connectivity index (χ4v) is 2.32. The van der Waals surface area contributed by atoms with E-state index in [1.54, 1.807) is 0 Å². The third-order valence-electron chi connectivity index (χ3n) is 2.67. The molecule has 3 N–H and O–H groups in total. The fraction of sp³-hybridized carbons (Fsp3) is 0.909. The Bertz CT molecular complexity index is 192. The Morgan fingerprint density at radius 1 is 1.47 bits per heavy atom. The smallest absolute Gasteiger partial charge is 0.0918 e. The standard InChI is InChI=1S/C11H23N3S/c1-2-15-9-3-7-14(10-4-5-10)8-6-11(12)13/h10H,2-9H2,1H3,(H3,12,13). The van der Waals surface area contributed by atoms with Gasteiger partial charge in [-0.15, -0.1) is 0 Å². The van der Waals surface area contributed by atoms with E-state index in [9.17, 15) is 0 Å². The van der Waals surface area contributed by atoms with Gasteiger partial charge in [0.25, 0.3) is 0 Å². The Balaban J connectivity index is 2.10. The molecule has 1 fully saturated rings. The molecule has 0 saturated heterocycles. The molecule has 0 heterocycles. The summed E-state index contributed by atoms with van der Waals surface area (Å²) in [4.78, 5) is 2.51. The first-order chi connectivity index (χ1) is 7.24. The SMILES string of the molecule is CCSCCCN(CCC(=N)N)C1CC1. The van der Waals surface area contributed by atoms with Crippen LogP contribution in [-0.2, 0) is 0 Å². The van der Waals surface area contributed by atoms with E-state index in [0.29, 0.717) is 5.84 Å². The molecule has 1 aliphatic rings. The number of nitrogens with zero attached hydrogens (tertiary/aromatic N) is 1. The summed E-state index contributed by atoms with van der Waals surface area (Å²) in [7, 11) is 0. The maximum atomic E-state index is 7.24. The van der Waals surface area contributed by atoms with Crippen molar-refractivity contribution in [2.45, 2.75) is 38.6 Å². The molecule has 0 spiro atoms. The molecule has 0 amide bonds. The predicted octanol–water partition coefficient (Wildman–Crippen LogP) is 1.92. The van der Waals surface area contributed by atoms with Crippen LogP contribution < -0.4 is 5.73 Å². The highest BCUT2D eigenvalue weighted by molar-refractivity contribution is 7.99. The minimum absolute atomic E-state index is 0.323. The van der Waals surface area contributed by atoms with E-state index in [2.05, 4.69) is 11.8 Å². The second-order valence-corrected chi connectivity index (χ2v) is 5.49. The fourth-order valence-electron chi connectivity index (χ4n) is 1.69. The van der Waals surface area contributed by atoms with Gasteiger partial charge in [0.2, 0.25) is 0 Å². The van der Waals surface area contributed by atoms with Crippen LogP contribution in [0.15, 0.2) is 0 Å². The van der Waals surface area contributed by atoms with Crippen LogP contribution in [0.4, 0.5) is 0 Å². The number of nitrogens with two attached hydrogens (primary N) is 1. The van der Waals surface area contributed by atoms with Crippen molar-refractivity contribution >= 4 is 17.6 Å². The molecular weight excluding hydrogens is 206 g/mol. The Morgan fingerprint density at radius 2 is 2.20 bits per heavy atom. The molecule has 1 aliphatic carbocycles. The summed E-state index contributed by atoms with van der Waals surface area (Å²) in [6.45, 7) is 4.38. The zero-order valence-corrected chi connectivity index (χ0v) is 10.5. The third-order valence-corrected chi connectivity index (χ3v) is 3.66. The molecule has 1 saturated carbocycles. The summed E-state index contributed by atoms with van der Waals surface area (Å²) in [6, 6.07) is 0.802. The van der Waals surface area contributed by atoms with Gasteiger partial charge in [-0.05, 0) is 37.3 Å². The van der Waals surface area contributed by atoms with Crippen molar-refractivity contribution in [3.63, 3.8) is 0 Å². The lowest BCUT2D eigenvalue weighted by atomic mass is 10.3. The quantitative estimate of drug-likeness (QED) is 0.361. The van der Waals surface area contributed by atoms with Gasteiger partial charge in [-0.25, -0.2) is 0 Å². The van der Waals surface area contributed by atoms with Gasteiger partial charge < -0.3 is 5.73 Å². The monoisotopic (exact) mass is 229 g/mol. The highest BCUT2D eigenvalue weighted by atomic mass is 32.2. The lowest BCUT2D eigenvalue weighted by Gasteiger charge is -2.21. The van der Waals surface area contributed by atoms with E-state index < -0.39 is 0 Å². The van der Waals surface area contributed by atoms with E-state index in [-0.39, 0.29) is 0 Å². The Morgan fingerprint density at radius 3 is 2.73 bits per heavy atom. The summed E-state index contributed by atoms with van der Waals surface area (Å²) < 4.78 is 0. The molecule has 0 aliphatic heterocycles. The zero-order chi connectivity index (χ0) is 11.1. The summed E-state index contributed by atoms with van der Waals surface area (Å²) >= 11 is 2.01. The van der Waals surface area contributed by atoms with E-state index in [1.165, 1.54) is 37.3 Å². The van der Waals surface area contributed by atoms with Crippen molar-refractivity contribution in [1.29, 1.82) is 5.41 Å². The van der Waals surface area contributed by atoms with Crippen LogP contribution in [0.25, 0.3) is 0 Å². The van der Waals surface area contributed by atoms with Gasteiger partial charge in [0.15, 0.2) is 0 Å². The van der Waals surface area contributed by atoms with Crippen molar-refractivity contribution in [3.05, 3.63) is 0 Å². The highest BCUT2D eigenvalue weighted by Gasteiger charge is 2.27. The van der Waals surface area contributed by atoms with Gasteiger partial charge in [-0.1, -0.05) is 6.92 Å². The first-order valence-electron chi connectivity index (χ1n) is 5.88. The van der Waals surface area contributed by atoms with Crippen LogP contribution in [0.5, 0.6) is 0 Å². The molecule has 15 heavy (non-hydrogen) atoms. The maximum Gasteiger partial charge on any atom is 0.0918 e. The minimum atomic E-state index is 0.323. The maximum absolute atomic E-state index is 7.24. The van der Waals surface area contributed by atoms with Gasteiger partial charge in [-0.3, -0.25) is 10.3 Å². The predicted molar refractivity (Wildman–Crippen MR) is 68.7 cm³/mol. The van der Waals surface area contributed by atoms with Gasteiger partial charge in [0.05, 0.1) is 5.84 Å². The molecule has 0 aromatic carbocycles. The Kier molecular flexibility index (Phi) is 6.10. The molecule has 0 aromatic heterocycles. The Hall–Kier alpha value is -0.220. The molecule has 0 unspecified atom stereocenters. The number of hydrogen-bond donors (Lipinski definition) is 2. The van der Waals surface area contributed by atoms with Gasteiger partial charge >= 0.3 is 0 Å². The lowest BCUT2D eigenvalue weighted by Crippen LogP contribution is -2.31. The molecule has 0 bridgehead atoms. The molecule has 3 nitrogen and oxygen atoms in total. The lowest BCUT2D eigenvalue weighted by molar-refractivity contribution is 0.272. The van der Waals surface area contributed by atoms with Crippen LogP contribution in [0.1, 0.15) is 32.6 Å². The average Bonchev–Trinajstić information content (AvgIpc) is 3.00. The normalized spacial score (nSPS) is 15.9. The summed E-state index contributed by atoms with van der Waals surface area (Å²) in [5.74, 6) is 2.81. The number of thioether (sulfide) groups is 1. The van der Waals surface area contributed by atoms with E-state index in [0.717, 1.165) is 19.0 Å². The molecule has 1 rings (SSSR count). The van der Waals surface area contributed by atoms with Crippen LogP contribution in [0, 0.1) is 5.41 Å². The zero-order valence-electron chi connectivity index (χ0n) is 9.67. The van der Waals surface area contributed by atoms with Crippen molar-refractivity contribution in [3.8, 4) is 0 Å². The first kappa shape index (κ1) is 12.8. The second-order valence-electron chi connectivity index (χ2n) is 4.09. The number of nitrogens with one attached hydrogen (secondary N) is 1. The number of amidine groups is 1. The summed E-state index contributed by atoms with van der Waals surface area (Å²) in [6.07, 6.45) is 4.70. The van der Waals surface area contributed by atoms with E-state index in [4.69, 9.17) is 11.1 Å². The topological polar surface area (TPSA) is 53.1 Å². The van der Waals surface area contributed by atoms with Crippen LogP contribution in [0.3, 0.4) is 0 Å². The molecular formula is C11H23N3S. The molecule has 0 radical (unpaired) electrons. The first-order valence-corrected chi connectivity index (χ1v) is 7.04. The van der Waals surface area contributed by atoms with Gasteiger partial charge in [-0.2, -0.15) is 11.8 Å². The van der Waals surface area contributed by atoms with Crippen molar-refractivity contribution < 1.29 is 0 Å². The molecule has 88 valence electrons. The van der Waals surface area contributed by atoms with E-state index >= 15 is 0 Å². The molecule has 4 heteroatoms. The average molecular weight is 229 g/mol. The van der Waals surface area contributed by atoms with Crippen molar-refractivity contribution in [1.82, 2.24) is 4.90 Å². The summed E-state index contributed by atoms with van der Waals surface area (Å²) in [5.41, 5.74) is 5.39. The van der Waals surface area contributed by atoms with Crippen molar-refractivity contribution in [2.75, 3.05) is 24.6 Å². The van der Waals surface area contributed by atoms with E-state index in [1.807, 2.05) is 11.8 Å². The van der Waals surface area contributed by atoms with Crippen LogP contribution in [-0.4, -0.2) is 41.4 Å². The van der Waals surface area contributed by atoms with Crippen LogP contribution >= 0.6 is 11.8 Å². The van der Waals surface area contributed by atoms with Crippen molar-refractivity contribution in [2.24, 2.45) is 5.73 Å². The summed E-state index contributed by atoms with van der Waals surface area (Å²) in [5, 5.41) is 7.24. The van der Waals surface area contributed by atoms with Gasteiger partial charge in [0, 0.05) is 19.0 Å². The Labute approximate surface area is 97.3 Å². The third kappa shape index (κ3) is 6.05. The largest absolute Gasteiger partial charge is 0.388 e. The molecule has 0 atom stereocenters. The molecule has 0 aromatic rings. The highest BCUT2D eigenvalue weighted by Crippen LogP contribution is 2.27. The second kappa shape index (κ2) is 7.12. The minimum Gasteiger partial charge on any atom is -0.388 e. The van der Waals surface area contributed by atoms with Crippen LogP contribution in [0.2, 0.25) is 0 Å². The number of hydrogen-bond acceptors (Lipinski definition) is 3.